The molecular weight excluding hydrogens is 231 g/mol. The Bertz CT molecular complexity index is 815. The maximum atomic E-state index is 13.5. The quantitative estimate of drug-likeness (QED) is 0.622. The molecule has 0 aliphatic heterocycles. The summed E-state index contributed by atoms with van der Waals surface area (Å²) in [6.07, 6.45) is 0. The van der Waals surface area contributed by atoms with Gasteiger partial charge in [0.25, 0.3) is 5.56 Å². The number of thiophene rings is 1. The number of aromatic amines is 2. The molecule has 2 N–H and O–H groups in total. The Morgan fingerprint density at radius 3 is 2.75 bits per heavy atom. The van der Waals surface area contributed by atoms with E-state index in [0.717, 1.165) is 11.3 Å². The Hall–Kier alpha value is -1.95. The predicted octanol–water partition coefficient (Wildman–Crippen LogP) is 1.57. The molecule has 0 radical (unpaired) electrons. The lowest BCUT2D eigenvalue weighted by molar-refractivity contribution is 0.642. The third-order valence-electron chi connectivity index (χ3n) is 2.34. The molecule has 1 aromatic carbocycles. The van der Waals surface area contributed by atoms with Gasteiger partial charge in [-0.1, -0.05) is 12.1 Å². The second-order valence-corrected chi connectivity index (χ2v) is 4.35. The van der Waals surface area contributed by atoms with Crippen molar-refractivity contribution in [3.05, 3.63) is 44.9 Å². The van der Waals surface area contributed by atoms with E-state index in [0.29, 0.717) is 20.3 Å². The third-order valence-corrected chi connectivity index (χ3v) is 3.55. The van der Waals surface area contributed by atoms with Gasteiger partial charge < -0.3 is 4.98 Å². The zero-order valence-electron chi connectivity index (χ0n) is 7.83. The zero-order chi connectivity index (χ0) is 11.3. The fourth-order valence-corrected chi connectivity index (χ4v) is 2.73. The molecule has 0 atom stereocenters. The smallest absolute Gasteiger partial charge is 0.305 e. The number of rotatable bonds is 0. The van der Waals surface area contributed by atoms with Crippen LogP contribution in [0.15, 0.2) is 27.8 Å². The van der Waals surface area contributed by atoms with Crippen molar-refractivity contribution in [1.29, 1.82) is 0 Å². The summed E-state index contributed by atoms with van der Waals surface area (Å²) in [4.78, 5) is 27.3. The average Bonchev–Trinajstić information content (AvgIpc) is 2.59. The van der Waals surface area contributed by atoms with Crippen molar-refractivity contribution in [2.75, 3.05) is 0 Å². The summed E-state index contributed by atoms with van der Waals surface area (Å²) in [7, 11) is 0. The minimum absolute atomic E-state index is 0.333. The van der Waals surface area contributed by atoms with Gasteiger partial charge in [0.2, 0.25) is 0 Å². The second kappa shape index (κ2) is 3.02. The van der Waals surface area contributed by atoms with Crippen molar-refractivity contribution in [3.63, 3.8) is 0 Å². The van der Waals surface area contributed by atoms with Gasteiger partial charge in [0.1, 0.15) is 10.5 Å². The van der Waals surface area contributed by atoms with Gasteiger partial charge in [-0.05, 0) is 6.07 Å². The molecule has 2 heterocycles. The maximum absolute atomic E-state index is 13.5. The molecule has 2 aromatic heterocycles. The van der Waals surface area contributed by atoms with Crippen molar-refractivity contribution < 1.29 is 4.39 Å². The molecular formula is C10H5FN2O2S. The standard InChI is InChI=1S/C10H5FN2O2S/c11-5-3-1-2-4-6-8(16-7(4)5)9(14)13-10(15)12-6/h1-3H,(H2,12,13,14,15). The van der Waals surface area contributed by atoms with Crippen molar-refractivity contribution in [2.24, 2.45) is 0 Å². The molecule has 0 spiro atoms. The molecule has 3 aromatic rings. The normalized spacial score (nSPS) is 11.3. The lowest BCUT2D eigenvalue weighted by atomic mass is 10.2. The van der Waals surface area contributed by atoms with E-state index in [4.69, 9.17) is 0 Å². The van der Waals surface area contributed by atoms with Gasteiger partial charge in [-0.2, -0.15) is 0 Å². The van der Waals surface area contributed by atoms with E-state index >= 15 is 0 Å². The first-order valence-electron chi connectivity index (χ1n) is 4.50. The van der Waals surface area contributed by atoms with Crippen molar-refractivity contribution in [2.45, 2.75) is 0 Å². The Morgan fingerprint density at radius 2 is 1.94 bits per heavy atom. The van der Waals surface area contributed by atoms with E-state index in [2.05, 4.69) is 9.97 Å². The van der Waals surface area contributed by atoms with Gasteiger partial charge in [-0.3, -0.25) is 9.78 Å². The molecule has 0 unspecified atom stereocenters. The van der Waals surface area contributed by atoms with Gasteiger partial charge in [-0.25, -0.2) is 9.18 Å². The molecule has 0 aliphatic rings. The second-order valence-electron chi connectivity index (χ2n) is 3.33. The highest BCUT2D eigenvalue weighted by Crippen LogP contribution is 2.31. The van der Waals surface area contributed by atoms with E-state index in [-0.39, 0.29) is 5.82 Å². The maximum Gasteiger partial charge on any atom is 0.326 e. The summed E-state index contributed by atoms with van der Waals surface area (Å²) in [6.45, 7) is 0. The minimum Gasteiger partial charge on any atom is -0.305 e. The van der Waals surface area contributed by atoms with Crippen LogP contribution in [0.2, 0.25) is 0 Å². The summed E-state index contributed by atoms with van der Waals surface area (Å²) in [5, 5.41) is 0.559. The van der Waals surface area contributed by atoms with Gasteiger partial charge in [0.05, 0.1) is 10.2 Å². The van der Waals surface area contributed by atoms with Gasteiger partial charge >= 0.3 is 5.69 Å². The number of H-pyrrole nitrogens is 2. The van der Waals surface area contributed by atoms with Crippen LogP contribution in [-0.4, -0.2) is 9.97 Å². The predicted molar refractivity (Wildman–Crippen MR) is 60.5 cm³/mol. The van der Waals surface area contributed by atoms with Crippen LogP contribution in [0.3, 0.4) is 0 Å². The fourth-order valence-electron chi connectivity index (χ4n) is 1.67. The third kappa shape index (κ3) is 1.13. The summed E-state index contributed by atoms with van der Waals surface area (Å²) in [5.41, 5.74) is -0.672. The largest absolute Gasteiger partial charge is 0.326 e. The van der Waals surface area contributed by atoms with Crippen molar-refractivity contribution in [3.8, 4) is 0 Å². The minimum atomic E-state index is -0.582. The van der Waals surface area contributed by atoms with Gasteiger partial charge in [-0.15, -0.1) is 11.3 Å². The van der Waals surface area contributed by atoms with Crippen LogP contribution in [0.4, 0.5) is 4.39 Å². The number of aromatic nitrogens is 2. The Labute approximate surface area is 91.4 Å². The number of halogens is 1. The molecule has 6 heteroatoms. The van der Waals surface area contributed by atoms with E-state index in [1.807, 2.05) is 0 Å². The molecule has 4 nitrogen and oxygen atoms in total. The molecule has 3 rings (SSSR count). The Balaban J connectivity index is 2.72. The zero-order valence-corrected chi connectivity index (χ0v) is 8.65. The monoisotopic (exact) mass is 236 g/mol. The summed E-state index contributed by atoms with van der Waals surface area (Å²) >= 11 is 1.03. The summed E-state index contributed by atoms with van der Waals surface area (Å²) < 4.78 is 14.2. The Morgan fingerprint density at radius 1 is 1.12 bits per heavy atom. The molecule has 0 bridgehead atoms. The van der Waals surface area contributed by atoms with Crippen LogP contribution in [0.5, 0.6) is 0 Å². The fraction of sp³-hybridized carbons (Fsp3) is 0. The first-order valence-corrected chi connectivity index (χ1v) is 5.32. The highest BCUT2D eigenvalue weighted by Gasteiger charge is 2.11. The van der Waals surface area contributed by atoms with Gasteiger partial charge in [0, 0.05) is 5.39 Å². The first-order chi connectivity index (χ1) is 7.66. The number of benzene rings is 1. The topological polar surface area (TPSA) is 65.7 Å². The number of nitrogens with one attached hydrogen (secondary N) is 2. The highest BCUT2D eigenvalue weighted by molar-refractivity contribution is 7.25. The van der Waals surface area contributed by atoms with Crippen LogP contribution < -0.4 is 11.2 Å². The van der Waals surface area contributed by atoms with Crippen LogP contribution in [0.1, 0.15) is 0 Å². The summed E-state index contributed by atoms with van der Waals surface area (Å²) in [6, 6.07) is 4.54. The van der Waals surface area contributed by atoms with E-state index in [9.17, 15) is 14.0 Å². The van der Waals surface area contributed by atoms with Crippen LogP contribution in [0, 0.1) is 5.82 Å². The van der Waals surface area contributed by atoms with E-state index in [1.54, 1.807) is 12.1 Å². The number of fused-ring (bicyclic) bond motifs is 3. The number of hydrogen-bond donors (Lipinski definition) is 2. The molecule has 16 heavy (non-hydrogen) atoms. The molecule has 0 aliphatic carbocycles. The van der Waals surface area contributed by atoms with Crippen LogP contribution in [-0.2, 0) is 0 Å². The molecule has 80 valence electrons. The SMILES string of the molecule is O=c1[nH]c(=O)c2sc3c(F)cccc3c2[nH]1. The molecule has 0 fully saturated rings. The Kier molecular flexibility index (Phi) is 1.75. The van der Waals surface area contributed by atoms with Crippen LogP contribution in [0.25, 0.3) is 20.3 Å². The van der Waals surface area contributed by atoms with Gasteiger partial charge in [0.15, 0.2) is 0 Å². The average molecular weight is 236 g/mol. The van der Waals surface area contributed by atoms with E-state index < -0.39 is 11.2 Å². The highest BCUT2D eigenvalue weighted by atomic mass is 32.1. The lowest BCUT2D eigenvalue weighted by Crippen LogP contribution is -2.20. The lowest BCUT2D eigenvalue weighted by Gasteiger charge is -1.90. The summed E-state index contributed by atoms with van der Waals surface area (Å²) in [5.74, 6) is -0.390. The first kappa shape index (κ1) is 9.29. The molecule has 0 saturated carbocycles. The van der Waals surface area contributed by atoms with Crippen LogP contribution >= 0.6 is 11.3 Å². The molecule has 0 amide bonds. The molecule has 0 saturated heterocycles. The van der Waals surface area contributed by atoms with E-state index in [1.165, 1.54) is 6.07 Å². The van der Waals surface area contributed by atoms with Crippen molar-refractivity contribution >= 4 is 31.6 Å². The number of hydrogen-bond acceptors (Lipinski definition) is 3. The van der Waals surface area contributed by atoms with Crippen molar-refractivity contribution in [1.82, 2.24) is 9.97 Å².